The Balaban J connectivity index is 1.85. The lowest BCUT2D eigenvalue weighted by molar-refractivity contribution is 0.0605. The van der Waals surface area contributed by atoms with E-state index in [2.05, 4.69) is 19.8 Å². The third-order valence-electron chi connectivity index (χ3n) is 4.78. The predicted molar refractivity (Wildman–Crippen MR) is 112 cm³/mol. The second-order valence-electron chi connectivity index (χ2n) is 6.85. The molecule has 0 unspecified atom stereocenters. The number of carbonyl (C=O) groups excluding carboxylic acids is 2. The Hall–Kier alpha value is -2.50. The number of nitrogens with one attached hydrogen (secondary N) is 2. The lowest BCUT2D eigenvalue weighted by atomic mass is 10.2. The Labute approximate surface area is 178 Å². The number of sulfonamides is 1. The number of nitrogens with zero attached hydrogens (tertiary/aromatic N) is 1. The van der Waals surface area contributed by atoms with Crippen molar-refractivity contribution in [2.75, 3.05) is 19.5 Å². The fraction of sp³-hybridized carbons (Fsp3) is 0.421. The number of carbonyl (C=O) groups is 2. The van der Waals surface area contributed by atoms with Crippen molar-refractivity contribution in [2.45, 2.75) is 43.5 Å². The Morgan fingerprint density at radius 2 is 1.90 bits per heavy atom. The quantitative estimate of drug-likeness (QED) is 0.618. The van der Waals surface area contributed by atoms with Crippen molar-refractivity contribution in [3.05, 3.63) is 34.3 Å². The molecule has 1 fully saturated rings. The van der Waals surface area contributed by atoms with Crippen LogP contribution in [0.4, 0.5) is 5.13 Å². The van der Waals surface area contributed by atoms with E-state index in [0.717, 1.165) is 37.0 Å². The average Bonchev–Trinajstić information content (AvgIpc) is 3.35. The summed E-state index contributed by atoms with van der Waals surface area (Å²) >= 11 is 0.981. The fourth-order valence-electron chi connectivity index (χ4n) is 3.26. The number of aryl methyl sites for hydroxylation is 1. The van der Waals surface area contributed by atoms with Crippen molar-refractivity contribution < 1.29 is 27.5 Å². The topological polar surface area (TPSA) is 124 Å². The molecule has 1 aromatic heterocycles. The van der Waals surface area contributed by atoms with Gasteiger partial charge in [-0.25, -0.2) is 22.9 Å². The largest absolute Gasteiger partial charge is 0.495 e. The number of anilines is 1. The van der Waals surface area contributed by atoms with E-state index in [-0.39, 0.29) is 32.3 Å². The summed E-state index contributed by atoms with van der Waals surface area (Å²) in [4.78, 5) is 28.7. The Kier molecular flexibility index (Phi) is 6.74. The molecule has 0 spiro atoms. The van der Waals surface area contributed by atoms with Crippen LogP contribution in [-0.2, 0) is 14.8 Å². The lowest BCUT2D eigenvalue weighted by Crippen LogP contribution is -2.33. The van der Waals surface area contributed by atoms with E-state index in [1.165, 1.54) is 32.4 Å². The standard InChI is InChI=1S/C19H23N3O6S2/c1-11-16(18(24)28-3)29-19(20-11)21-17(23)12-8-9-14(27-2)15(10-12)30(25,26)22-13-6-4-5-7-13/h8-10,13,22H,4-7H2,1-3H3,(H,20,21,23). The van der Waals surface area contributed by atoms with E-state index >= 15 is 0 Å². The van der Waals surface area contributed by atoms with E-state index in [1.807, 2.05) is 0 Å². The number of benzene rings is 1. The molecule has 0 atom stereocenters. The summed E-state index contributed by atoms with van der Waals surface area (Å²) in [7, 11) is -1.23. The van der Waals surface area contributed by atoms with Crippen LogP contribution in [0, 0.1) is 6.92 Å². The molecule has 9 nitrogen and oxygen atoms in total. The molecule has 2 N–H and O–H groups in total. The smallest absolute Gasteiger partial charge is 0.350 e. The molecule has 2 aromatic rings. The number of aromatic nitrogens is 1. The molecule has 0 bridgehead atoms. The maximum absolute atomic E-state index is 12.9. The van der Waals surface area contributed by atoms with Crippen LogP contribution in [0.2, 0.25) is 0 Å². The van der Waals surface area contributed by atoms with Crippen molar-refractivity contribution in [3.8, 4) is 5.75 Å². The molecule has 1 heterocycles. The molecule has 0 saturated heterocycles. The zero-order valence-corrected chi connectivity index (χ0v) is 18.5. The van der Waals surface area contributed by atoms with Crippen LogP contribution in [0.1, 0.15) is 51.4 Å². The average molecular weight is 454 g/mol. The molecule has 0 radical (unpaired) electrons. The van der Waals surface area contributed by atoms with Crippen molar-refractivity contribution in [1.29, 1.82) is 0 Å². The highest BCUT2D eigenvalue weighted by atomic mass is 32.2. The van der Waals surface area contributed by atoms with Gasteiger partial charge in [0.05, 0.1) is 19.9 Å². The maximum atomic E-state index is 12.9. The van der Waals surface area contributed by atoms with Gasteiger partial charge in [0.2, 0.25) is 10.0 Å². The number of rotatable bonds is 7. The minimum Gasteiger partial charge on any atom is -0.495 e. The van der Waals surface area contributed by atoms with Gasteiger partial charge in [-0.1, -0.05) is 24.2 Å². The number of amides is 1. The summed E-state index contributed by atoms with van der Waals surface area (Å²) in [5.41, 5.74) is 0.552. The molecule has 1 aliphatic rings. The van der Waals surface area contributed by atoms with Crippen LogP contribution in [0.3, 0.4) is 0 Å². The van der Waals surface area contributed by atoms with Gasteiger partial charge in [0.25, 0.3) is 5.91 Å². The van der Waals surface area contributed by atoms with Gasteiger partial charge in [0.1, 0.15) is 15.5 Å². The molecule has 1 aliphatic carbocycles. The number of methoxy groups -OCH3 is 2. The summed E-state index contributed by atoms with van der Waals surface area (Å²) in [5.74, 6) is -0.948. The normalized spacial score (nSPS) is 14.5. The van der Waals surface area contributed by atoms with Gasteiger partial charge in [-0.2, -0.15) is 0 Å². The summed E-state index contributed by atoms with van der Waals surface area (Å²) in [6.07, 6.45) is 3.53. The summed E-state index contributed by atoms with van der Waals surface area (Å²) in [6.45, 7) is 1.63. The highest BCUT2D eigenvalue weighted by Crippen LogP contribution is 2.28. The van der Waals surface area contributed by atoms with Crippen molar-refractivity contribution in [1.82, 2.24) is 9.71 Å². The summed E-state index contributed by atoms with van der Waals surface area (Å²) < 4.78 is 38.3. The number of ether oxygens (including phenoxy) is 2. The van der Waals surface area contributed by atoms with E-state index in [0.29, 0.717) is 5.69 Å². The first-order chi connectivity index (χ1) is 14.2. The number of thiazole rings is 1. The number of esters is 1. The van der Waals surface area contributed by atoms with E-state index in [1.54, 1.807) is 6.92 Å². The van der Waals surface area contributed by atoms with Crippen LogP contribution in [0.25, 0.3) is 0 Å². The molecule has 30 heavy (non-hydrogen) atoms. The Morgan fingerprint density at radius 3 is 2.53 bits per heavy atom. The van der Waals surface area contributed by atoms with Crippen molar-refractivity contribution in [2.24, 2.45) is 0 Å². The third kappa shape index (κ3) is 4.79. The van der Waals surface area contributed by atoms with Gasteiger partial charge in [-0.3, -0.25) is 10.1 Å². The van der Waals surface area contributed by atoms with Crippen LogP contribution in [0.5, 0.6) is 5.75 Å². The second-order valence-corrected chi connectivity index (χ2v) is 9.53. The highest BCUT2D eigenvalue weighted by molar-refractivity contribution is 7.89. The van der Waals surface area contributed by atoms with Crippen LogP contribution in [0.15, 0.2) is 23.1 Å². The van der Waals surface area contributed by atoms with E-state index < -0.39 is 21.9 Å². The Morgan fingerprint density at radius 1 is 1.20 bits per heavy atom. The third-order valence-corrected chi connectivity index (χ3v) is 7.37. The van der Waals surface area contributed by atoms with Gasteiger partial charge in [-0.15, -0.1) is 0 Å². The van der Waals surface area contributed by atoms with Gasteiger partial charge >= 0.3 is 5.97 Å². The number of hydrogen-bond donors (Lipinski definition) is 2. The summed E-state index contributed by atoms with van der Waals surface area (Å²) in [6, 6.07) is 4.05. The highest BCUT2D eigenvalue weighted by Gasteiger charge is 2.27. The molecular weight excluding hydrogens is 430 g/mol. The molecular formula is C19H23N3O6S2. The molecule has 1 saturated carbocycles. The van der Waals surface area contributed by atoms with Gasteiger partial charge in [0, 0.05) is 11.6 Å². The fourth-order valence-corrected chi connectivity index (χ4v) is 5.64. The van der Waals surface area contributed by atoms with Gasteiger partial charge < -0.3 is 9.47 Å². The van der Waals surface area contributed by atoms with Crippen LogP contribution < -0.4 is 14.8 Å². The second kappa shape index (κ2) is 9.11. The molecule has 1 aromatic carbocycles. The van der Waals surface area contributed by atoms with Crippen LogP contribution >= 0.6 is 11.3 Å². The Bertz CT molecular complexity index is 1060. The van der Waals surface area contributed by atoms with Crippen molar-refractivity contribution in [3.63, 3.8) is 0 Å². The minimum atomic E-state index is -3.86. The monoisotopic (exact) mass is 453 g/mol. The van der Waals surface area contributed by atoms with E-state index in [9.17, 15) is 18.0 Å². The summed E-state index contributed by atoms with van der Waals surface area (Å²) in [5, 5.41) is 2.80. The lowest BCUT2D eigenvalue weighted by Gasteiger charge is -2.15. The zero-order valence-electron chi connectivity index (χ0n) is 16.9. The molecule has 3 rings (SSSR count). The first-order valence-corrected chi connectivity index (χ1v) is 11.6. The molecule has 1 amide bonds. The molecule has 0 aliphatic heterocycles. The first-order valence-electron chi connectivity index (χ1n) is 9.32. The van der Waals surface area contributed by atoms with E-state index in [4.69, 9.17) is 4.74 Å². The van der Waals surface area contributed by atoms with Crippen molar-refractivity contribution >= 4 is 38.4 Å². The molecule has 11 heteroatoms. The molecule has 162 valence electrons. The van der Waals surface area contributed by atoms with Gasteiger partial charge in [0.15, 0.2) is 5.13 Å². The predicted octanol–water partition coefficient (Wildman–Crippen LogP) is 2.72. The minimum absolute atomic E-state index is 0.102. The van der Waals surface area contributed by atoms with Crippen LogP contribution in [-0.4, -0.2) is 45.5 Å². The zero-order chi connectivity index (χ0) is 21.9. The maximum Gasteiger partial charge on any atom is 0.350 e. The first kappa shape index (κ1) is 22.2. The number of hydrogen-bond acceptors (Lipinski definition) is 8. The van der Waals surface area contributed by atoms with Gasteiger partial charge in [-0.05, 0) is 38.0 Å². The SMILES string of the molecule is COC(=O)c1sc(NC(=O)c2ccc(OC)c(S(=O)(=O)NC3CCCC3)c2)nc1C.